The van der Waals surface area contributed by atoms with Crippen molar-refractivity contribution >= 4 is 27.7 Å². The van der Waals surface area contributed by atoms with Crippen molar-refractivity contribution in [2.45, 2.75) is 0 Å². The third kappa shape index (κ3) is 1.15. The molecular weight excluding hydrogens is 206 g/mol. The molecule has 0 fully saturated rings. The topological polar surface area (TPSA) is 52.2 Å². The zero-order chi connectivity index (χ0) is 10.3. The molecule has 0 aliphatic carbocycles. The zero-order valence-corrected chi connectivity index (χ0v) is 8.04. The van der Waals surface area contributed by atoms with E-state index >= 15 is 0 Å². The van der Waals surface area contributed by atoms with Crippen LogP contribution in [0.15, 0.2) is 27.5 Å². The summed E-state index contributed by atoms with van der Waals surface area (Å²) in [4.78, 5) is 22.3. The maximum atomic E-state index is 11.3. The van der Waals surface area contributed by atoms with E-state index in [-0.39, 0.29) is 10.9 Å². The van der Waals surface area contributed by atoms with Gasteiger partial charge in [0.05, 0.1) is 11.1 Å². The monoisotopic (exact) mass is 211 g/mol. The molecule has 5 heteroatoms. The fourth-order valence-corrected chi connectivity index (χ4v) is 1.56. The van der Waals surface area contributed by atoms with E-state index in [1.165, 1.54) is 10.8 Å². The minimum Gasteiger partial charge on any atom is -0.335 e. The second-order valence-electron chi connectivity index (χ2n) is 2.85. The Morgan fingerprint density at radius 1 is 1.50 bits per heavy atom. The average Bonchev–Trinajstić information content (AvgIpc) is 2.43. The van der Waals surface area contributed by atoms with Gasteiger partial charge in [-0.1, -0.05) is 6.07 Å². The van der Waals surface area contributed by atoms with Crippen LogP contribution in [0.2, 0.25) is 0 Å². The first-order valence-corrected chi connectivity index (χ1v) is 4.28. The molecule has 1 heterocycles. The molecule has 0 spiro atoms. The number of fused-ring (bicyclic) bond motifs is 1. The summed E-state index contributed by atoms with van der Waals surface area (Å²) in [5, 5.41) is -0.427. The van der Waals surface area contributed by atoms with E-state index < -0.39 is 10.9 Å². The molecule has 1 aromatic heterocycles. The number of carbonyl (C=O) groups excluding carboxylic acids is 1. The maximum absolute atomic E-state index is 11.3. The number of benzene rings is 1. The minimum atomic E-state index is -0.658. The lowest BCUT2D eigenvalue weighted by molar-refractivity contribution is 0.108. The summed E-state index contributed by atoms with van der Waals surface area (Å²) in [6, 6.07) is 4.82. The number of rotatable bonds is 1. The van der Waals surface area contributed by atoms with Gasteiger partial charge in [0.25, 0.3) is 5.24 Å². The van der Waals surface area contributed by atoms with Crippen LogP contribution < -0.4 is 5.63 Å². The van der Waals surface area contributed by atoms with E-state index in [2.05, 4.69) is 0 Å². The molecule has 1 aromatic carbocycles. The number of aromatic nitrogens is 1. The number of aryl methyl sites for hydroxylation is 1. The fraction of sp³-hybridized carbons (Fsp3) is 0.111. The average molecular weight is 212 g/mol. The summed E-state index contributed by atoms with van der Waals surface area (Å²) in [7, 11) is 1.59. The van der Waals surface area contributed by atoms with Gasteiger partial charge in [-0.3, -0.25) is 4.79 Å². The molecule has 2 aromatic rings. The van der Waals surface area contributed by atoms with Crippen LogP contribution in [0.4, 0.5) is 0 Å². The van der Waals surface area contributed by atoms with Crippen molar-refractivity contribution in [3.63, 3.8) is 0 Å². The van der Waals surface area contributed by atoms with Gasteiger partial charge in [-0.2, -0.15) is 0 Å². The number of halogens is 1. The highest BCUT2D eigenvalue weighted by Gasteiger charge is 2.14. The highest BCUT2D eigenvalue weighted by molar-refractivity contribution is 6.68. The number of carbonyl (C=O) groups is 1. The van der Waals surface area contributed by atoms with E-state index in [1.807, 2.05) is 0 Å². The van der Waals surface area contributed by atoms with Crippen molar-refractivity contribution in [2.24, 2.45) is 7.05 Å². The van der Waals surface area contributed by atoms with Crippen molar-refractivity contribution in [3.05, 3.63) is 34.2 Å². The molecule has 0 radical (unpaired) electrons. The minimum absolute atomic E-state index is 0.179. The van der Waals surface area contributed by atoms with Gasteiger partial charge in [0.2, 0.25) is 0 Å². The molecule has 0 atom stereocenters. The summed E-state index contributed by atoms with van der Waals surface area (Å²) in [5.41, 5.74) is 0.187. The summed E-state index contributed by atoms with van der Waals surface area (Å²) in [5.74, 6) is 0. The number of nitrogens with zero attached hydrogens (tertiary/aromatic N) is 1. The highest BCUT2D eigenvalue weighted by atomic mass is 35.5. The molecular formula is C9H6ClNO3. The van der Waals surface area contributed by atoms with Crippen molar-refractivity contribution in [3.8, 4) is 0 Å². The molecule has 0 aliphatic heterocycles. The Kier molecular flexibility index (Phi) is 1.93. The first kappa shape index (κ1) is 9.02. The van der Waals surface area contributed by atoms with Crippen LogP contribution in [-0.4, -0.2) is 9.98 Å². The van der Waals surface area contributed by atoms with Crippen LogP contribution in [0.1, 0.15) is 10.4 Å². The smallest absolute Gasteiger partial charge is 0.335 e. The summed E-state index contributed by atoms with van der Waals surface area (Å²) in [6.45, 7) is 0. The van der Waals surface area contributed by atoms with Crippen LogP contribution in [0.25, 0.3) is 10.9 Å². The highest BCUT2D eigenvalue weighted by Crippen LogP contribution is 2.16. The molecule has 14 heavy (non-hydrogen) atoms. The van der Waals surface area contributed by atoms with Gasteiger partial charge in [0.15, 0.2) is 0 Å². The van der Waals surface area contributed by atoms with Gasteiger partial charge in [-0.05, 0) is 23.7 Å². The lowest BCUT2D eigenvalue weighted by atomic mass is 10.1. The normalized spacial score (nSPS) is 10.7. The Bertz CT molecular complexity index is 567. The fourth-order valence-electron chi connectivity index (χ4n) is 1.40. The molecule has 0 saturated heterocycles. The van der Waals surface area contributed by atoms with Gasteiger partial charge in [0.1, 0.15) is 5.39 Å². The van der Waals surface area contributed by atoms with Gasteiger partial charge >= 0.3 is 5.63 Å². The molecule has 72 valence electrons. The van der Waals surface area contributed by atoms with E-state index in [0.717, 1.165) is 0 Å². The Morgan fingerprint density at radius 3 is 2.86 bits per heavy atom. The third-order valence-electron chi connectivity index (χ3n) is 2.02. The lowest BCUT2D eigenvalue weighted by Gasteiger charge is -1.94. The number of hydrogen-bond donors (Lipinski definition) is 0. The van der Waals surface area contributed by atoms with Crippen LogP contribution in [-0.2, 0) is 7.05 Å². The molecule has 0 aliphatic rings. The predicted octanol–water partition coefficient (Wildman–Crippen LogP) is 1.51. The van der Waals surface area contributed by atoms with Crippen LogP contribution in [0, 0.1) is 0 Å². The van der Waals surface area contributed by atoms with Crippen LogP contribution in [0.3, 0.4) is 0 Å². The van der Waals surface area contributed by atoms with Gasteiger partial charge in [-0.25, -0.2) is 9.53 Å². The molecule has 0 unspecified atom stereocenters. The Labute approximate surface area is 83.6 Å². The lowest BCUT2D eigenvalue weighted by Crippen LogP contribution is -1.98. The molecule has 0 amide bonds. The van der Waals surface area contributed by atoms with E-state index in [1.54, 1.807) is 19.2 Å². The quantitative estimate of drug-likeness (QED) is 0.672. The van der Waals surface area contributed by atoms with E-state index in [4.69, 9.17) is 16.1 Å². The maximum Gasteiger partial charge on any atom is 0.366 e. The van der Waals surface area contributed by atoms with Gasteiger partial charge in [-0.15, -0.1) is 0 Å². The first-order valence-electron chi connectivity index (χ1n) is 3.90. The standard InChI is InChI=1S/C9H6ClNO3/c1-11-6-4-2-3-5(8(10)12)7(6)9(13)14-11/h2-4H,1H3. The van der Waals surface area contributed by atoms with Crippen LogP contribution >= 0.6 is 11.6 Å². The number of hydrogen-bond acceptors (Lipinski definition) is 3. The van der Waals surface area contributed by atoms with Gasteiger partial charge < -0.3 is 4.52 Å². The summed E-state index contributed by atoms with van der Waals surface area (Å²) < 4.78 is 6.11. The Morgan fingerprint density at radius 2 is 2.21 bits per heavy atom. The first-order chi connectivity index (χ1) is 6.61. The second kappa shape index (κ2) is 2.99. The van der Waals surface area contributed by atoms with Gasteiger partial charge in [0, 0.05) is 7.05 Å². The zero-order valence-electron chi connectivity index (χ0n) is 7.28. The predicted molar refractivity (Wildman–Crippen MR) is 51.6 cm³/mol. The van der Waals surface area contributed by atoms with Crippen molar-refractivity contribution in [1.29, 1.82) is 0 Å². The molecule has 2 rings (SSSR count). The summed E-state index contributed by atoms with van der Waals surface area (Å²) in [6.07, 6.45) is 0. The Balaban J connectivity index is 3.00. The summed E-state index contributed by atoms with van der Waals surface area (Å²) >= 11 is 5.33. The van der Waals surface area contributed by atoms with Crippen molar-refractivity contribution in [1.82, 2.24) is 4.74 Å². The third-order valence-corrected chi connectivity index (χ3v) is 2.22. The largest absolute Gasteiger partial charge is 0.366 e. The van der Waals surface area contributed by atoms with E-state index in [9.17, 15) is 9.59 Å². The molecule has 0 saturated carbocycles. The molecule has 0 bridgehead atoms. The molecule has 4 nitrogen and oxygen atoms in total. The molecule has 0 N–H and O–H groups in total. The Hall–Kier alpha value is -1.55. The van der Waals surface area contributed by atoms with E-state index in [0.29, 0.717) is 5.52 Å². The SMILES string of the molecule is Cn1oc(=O)c2c(C(=O)Cl)cccc21. The van der Waals surface area contributed by atoms with Crippen molar-refractivity contribution < 1.29 is 9.32 Å². The van der Waals surface area contributed by atoms with Crippen molar-refractivity contribution in [2.75, 3.05) is 0 Å². The second-order valence-corrected chi connectivity index (χ2v) is 3.19. The van der Waals surface area contributed by atoms with Crippen LogP contribution in [0.5, 0.6) is 0 Å².